The lowest BCUT2D eigenvalue weighted by Crippen LogP contribution is -1.96. The highest BCUT2D eigenvalue weighted by Crippen LogP contribution is 2.27. The highest BCUT2D eigenvalue weighted by atomic mass is 79.9. The van der Waals surface area contributed by atoms with Gasteiger partial charge in [0.2, 0.25) is 0 Å². The van der Waals surface area contributed by atoms with E-state index in [2.05, 4.69) is 31.9 Å². The van der Waals surface area contributed by atoms with Crippen LogP contribution in [0.25, 0.3) is 0 Å². The molecular formula is C9H6Br2O2. The number of halogens is 2. The van der Waals surface area contributed by atoms with Crippen LogP contribution in [0.4, 0.5) is 0 Å². The lowest BCUT2D eigenvalue weighted by Gasteiger charge is -2.03. The normalized spacial score (nSPS) is 9.77. The first-order chi connectivity index (χ1) is 6.06. The van der Waals surface area contributed by atoms with Crippen LogP contribution in [-0.4, -0.2) is 12.1 Å². The van der Waals surface area contributed by atoms with Gasteiger partial charge in [0.25, 0.3) is 0 Å². The molecule has 0 saturated heterocycles. The van der Waals surface area contributed by atoms with Gasteiger partial charge in [0.15, 0.2) is 5.78 Å². The molecule has 0 aliphatic heterocycles. The van der Waals surface area contributed by atoms with Gasteiger partial charge in [-0.1, -0.05) is 0 Å². The van der Waals surface area contributed by atoms with E-state index in [1.807, 2.05) is 0 Å². The van der Waals surface area contributed by atoms with Crippen LogP contribution < -0.4 is 0 Å². The maximum Gasteiger partial charge on any atom is 0.162 e. The molecule has 0 bridgehead atoms. The number of ketones is 1. The van der Waals surface area contributed by atoms with Crippen LogP contribution in [0.15, 0.2) is 21.1 Å². The summed E-state index contributed by atoms with van der Waals surface area (Å²) in [5.41, 5.74) is 1.09. The van der Waals surface area contributed by atoms with Crippen LogP contribution in [0, 0.1) is 0 Å². The minimum Gasteiger partial charge on any atom is -0.298 e. The summed E-state index contributed by atoms with van der Waals surface area (Å²) in [5, 5.41) is 0. The molecule has 0 heterocycles. The van der Waals surface area contributed by atoms with Gasteiger partial charge < -0.3 is 0 Å². The molecule has 0 aliphatic rings. The molecule has 0 saturated carbocycles. The molecule has 1 aromatic carbocycles. The smallest absolute Gasteiger partial charge is 0.162 e. The Morgan fingerprint density at radius 1 is 1.31 bits per heavy atom. The summed E-state index contributed by atoms with van der Waals surface area (Å²) >= 11 is 6.46. The molecule has 68 valence electrons. The van der Waals surface area contributed by atoms with Crippen molar-refractivity contribution in [3.05, 3.63) is 32.2 Å². The Balaban J connectivity index is 3.39. The van der Waals surface area contributed by atoms with E-state index in [-0.39, 0.29) is 5.78 Å². The first kappa shape index (κ1) is 10.6. The fourth-order valence-corrected chi connectivity index (χ4v) is 2.78. The number of hydrogen-bond acceptors (Lipinski definition) is 2. The van der Waals surface area contributed by atoms with Crippen LogP contribution in [0.2, 0.25) is 0 Å². The number of aldehydes is 1. The molecule has 0 amide bonds. The highest BCUT2D eigenvalue weighted by Gasteiger charge is 2.10. The summed E-state index contributed by atoms with van der Waals surface area (Å²) in [7, 11) is 0. The van der Waals surface area contributed by atoms with Crippen LogP contribution in [0.5, 0.6) is 0 Å². The Bertz CT molecular complexity index is 349. The number of Topliss-reactive ketones (excluding diaryl/α,β-unsaturated/α-hetero) is 1. The van der Waals surface area contributed by atoms with Crippen LogP contribution in [0.1, 0.15) is 27.6 Å². The van der Waals surface area contributed by atoms with Gasteiger partial charge in [-0.3, -0.25) is 9.59 Å². The Morgan fingerprint density at radius 3 is 2.08 bits per heavy atom. The average molecular weight is 306 g/mol. The molecule has 0 atom stereocenters. The molecule has 13 heavy (non-hydrogen) atoms. The van der Waals surface area contributed by atoms with Crippen LogP contribution in [-0.2, 0) is 0 Å². The Morgan fingerprint density at radius 2 is 1.77 bits per heavy atom. The minimum atomic E-state index is -0.0452. The molecule has 0 aliphatic carbocycles. The van der Waals surface area contributed by atoms with Crippen molar-refractivity contribution in [2.75, 3.05) is 0 Å². The van der Waals surface area contributed by atoms with Gasteiger partial charge in [-0.15, -0.1) is 0 Å². The van der Waals surface area contributed by atoms with Crippen molar-refractivity contribution in [3.8, 4) is 0 Å². The fourth-order valence-electron chi connectivity index (χ4n) is 0.997. The fraction of sp³-hybridized carbons (Fsp3) is 0.111. The quantitative estimate of drug-likeness (QED) is 0.621. The van der Waals surface area contributed by atoms with Gasteiger partial charge in [0.05, 0.1) is 0 Å². The van der Waals surface area contributed by atoms with Gasteiger partial charge in [0, 0.05) is 20.1 Å². The van der Waals surface area contributed by atoms with E-state index in [0.29, 0.717) is 20.1 Å². The Hall–Kier alpha value is -0.480. The summed E-state index contributed by atoms with van der Waals surface area (Å²) < 4.78 is 1.27. The summed E-state index contributed by atoms with van der Waals surface area (Å²) in [4.78, 5) is 21.6. The van der Waals surface area contributed by atoms with Crippen molar-refractivity contribution >= 4 is 43.9 Å². The van der Waals surface area contributed by atoms with E-state index < -0.39 is 0 Å². The highest BCUT2D eigenvalue weighted by molar-refractivity contribution is 9.11. The second kappa shape index (κ2) is 4.15. The van der Waals surface area contributed by atoms with Crippen molar-refractivity contribution in [2.45, 2.75) is 6.92 Å². The maximum absolute atomic E-state index is 11.1. The zero-order valence-corrected chi connectivity index (χ0v) is 9.98. The molecule has 0 aromatic heterocycles. The van der Waals surface area contributed by atoms with Gasteiger partial charge in [-0.05, 0) is 50.9 Å². The van der Waals surface area contributed by atoms with Crippen molar-refractivity contribution in [1.82, 2.24) is 0 Å². The second-order valence-corrected chi connectivity index (χ2v) is 4.24. The molecule has 1 aromatic rings. The molecule has 2 nitrogen and oxygen atoms in total. The van der Waals surface area contributed by atoms with Crippen molar-refractivity contribution in [1.29, 1.82) is 0 Å². The number of hydrogen-bond donors (Lipinski definition) is 0. The summed E-state index contributed by atoms with van der Waals surface area (Å²) in [5.74, 6) is -0.0452. The van der Waals surface area contributed by atoms with Crippen molar-refractivity contribution in [2.24, 2.45) is 0 Å². The number of carbonyl (C=O) groups excluding carboxylic acids is 2. The molecule has 0 radical (unpaired) electrons. The zero-order valence-electron chi connectivity index (χ0n) is 6.80. The molecule has 1 rings (SSSR count). The van der Waals surface area contributed by atoms with Gasteiger partial charge in [-0.2, -0.15) is 0 Å². The first-order valence-corrected chi connectivity index (χ1v) is 5.10. The second-order valence-electron chi connectivity index (χ2n) is 2.53. The predicted octanol–water partition coefficient (Wildman–Crippen LogP) is 3.23. The Labute approximate surface area is 92.6 Å². The molecule has 0 N–H and O–H groups in total. The Kier molecular flexibility index (Phi) is 3.39. The third kappa shape index (κ3) is 2.25. The van der Waals surface area contributed by atoms with E-state index in [1.165, 1.54) is 6.92 Å². The third-order valence-corrected chi connectivity index (χ3v) is 2.80. The van der Waals surface area contributed by atoms with E-state index in [1.54, 1.807) is 12.1 Å². The van der Waals surface area contributed by atoms with Gasteiger partial charge in [-0.25, -0.2) is 0 Å². The summed E-state index contributed by atoms with van der Waals surface area (Å²) in [6, 6.07) is 3.24. The number of carbonyl (C=O) groups is 2. The van der Waals surface area contributed by atoms with Crippen LogP contribution in [0.3, 0.4) is 0 Å². The number of benzene rings is 1. The van der Waals surface area contributed by atoms with Crippen molar-refractivity contribution < 1.29 is 9.59 Å². The van der Waals surface area contributed by atoms with E-state index in [9.17, 15) is 9.59 Å². The average Bonchev–Trinajstić information content (AvgIpc) is 2.02. The maximum atomic E-state index is 11.1. The monoisotopic (exact) mass is 304 g/mol. The molecule has 0 spiro atoms. The molecular weight excluding hydrogens is 300 g/mol. The summed E-state index contributed by atoms with van der Waals surface area (Å²) in [6.07, 6.45) is 0.736. The van der Waals surface area contributed by atoms with Gasteiger partial charge in [0.1, 0.15) is 6.29 Å². The molecule has 4 heteroatoms. The first-order valence-electron chi connectivity index (χ1n) is 3.51. The minimum absolute atomic E-state index is 0.0452. The van der Waals surface area contributed by atoms with Crippen molar-refractivity contribution in [3.63, 3.8) is 0 Å². The van der Waals surface area contributed by atoms with Gasteiger partial charge >= 0.3 is 0 Å². The third-order valence-electron chi connectivity index (χ3n) is 1.55. The topological polar surface area (TPSA) is 34.1 Å². The SMILES string of the molecule is CC(=O)c1c(Br)cc(C=O)cc1Br. The van der Waals surface area contributed by atoms with E-state index in [0.717, 1.165) is 6.29 Å². The molecule has 0 unspecified atom stereocenters. The zero-order chi connectivity index (χ0) is 10.0. The van der Waals surface area contributed by atoms with E-state index >= 15 is 0 Å². The largest absolute Gasteiger partial charge is 0.298 e. The van der Waals surface area contributed by atoms with E-state index in [4.69, 9.17) is 0 Å². The van der Waals surface area contributed by atoms with Crippen LogP contribution >= 0.6 is 31.9 Å². The lowest BCUT2D eigenvalue weighted by atomic mass is 10.1. The summed E-state index contributed by atoms with van der Waals surface area (Å²) in [6.45, 7) is 1.48. The predicted molar refractivity (Wildman–Crippen MR) is 57.2 cm³/mol. The lowest BCUT2D eigenvalue weighted by molar-refractivity contribution is 0.101. The standard InChI is InChI=1S/C9H6Br2O2/c1-5(13)9-7(10)2-6(4-12)3-8(9)11/h2-4H,1H3. The number of rotatable bonds is 2. The molecule has 0 fully saturated rings.